The smallest absolute Gasteiger partial charge is 0.231 e. The van der Waals surface area contributed by atoms with Crippen molar-refractivity contribution in [3.05, 3.63) is 47.7 Å². The third kappa shape index (κ3) is 1.90. The van der Waals surface area contributed by atoms with Gasteiger partial charge in [-0.2, -0.15) is 4.98 Å². The highest BCUT2D eigenvalue weighted by molar-refractivity contribution is 5.83. The van der Waals surface area contributed by atoms with Gasteiger partial charge in [-0.25, -0.2) is 0 Å². The van der Waals surface area contributed by atoms with Crippen LogP contribution < -0.4 is 0 Å². The van der Waals surface area contributed by atoms with E-state index >= 15 is 0 Å². The van der Waals surface area contributed by atoms with Crippen LogP contribution in [0.1, 0.15) is 37.0 Å². The molecule has 0 aliphatic heterocycles. The van der Waals surface area contributed by atoms with E-state index in [-0.39, 0.29) is 0 Å². The zero-order chi connectivity index (χ0) is 12.5. The van der Waals surface area contributed by atoms with Gasteiger partial charge < -0.3 is 9.51 Å². The van der Waals surface area contributed by atoms with Gasteiger partial charge in [-0.3, -0.25) is 0 Å². The monoisotopic (exact) mass is 241 g/mol. The Bertz CT molecular complexity index is 666. The number of H-pyrrole nitrogens is 1. The van der Waals surface area contributed by atoms with Crippen molar-refractivity contribution in [2.45, 2.75) is 26.2 Å². The lowest BCUT2D eigenvalue weighted by Crippen LogP contribution is -1.91. The lowest BCUT2D eigenvalue weighted by atomic mass is 10.1. The fraction of sp³-hybridized carbons (Fsp3) is 0.286. The number of aromatic amines is 1. The molecule has 2 heterocycles. The SMILES string of the molecule is CC(C)c1noc(Cc2c[nH]c3ccccc23)n1. The van der Waals surface area contributed by atoms with Crippen LogP contribution in [0.5, 0.6) is 0 Å². The van der Waals surface area contributed by atoms with Gasteiger partial charge in [0, 0.05) is 23.0 Å². The van der Waals surface area contributed by atoms with Crippen molar-refractivity contribution in [1.29, 1.82) is 0 Å². The molecule has 0 saturated heterocycles. The summed E-state index contributed by atoms with van der Waals surface area (Å²) in [5, 5.41) is 5.19. The second-order valence-electron chi connectivity index (χ2n) is 4.74. The number of fused-ring (bicyclic) bond motifs is 1. The van der Waals surface area contributed by atoms with Crippen LogP contribution >= 0.6 is 0 Å². The van der Waals surface area contributed by atoms with Crippen molar-refractivity contribution in [1.82, 2.24) is 15.1 Å². The predicted molar refractivity (Wildman–Crippen MR) is 69.5 cm³/mol. The van der Waals surface area contributed by atoms with E-state index < -0.39 is 0 Å². The van der Waals surface area contributed by atoms with Crippen LogP contribution in [0, 0.1) is 0 Å². The Morgan fingerprint density at radius 3 is 2.89 bits per heavy atom. The number of rotatable bonds is 3. The molecular weight excluding hydrogens is 226 g/mol. The minimum atomic E-state index is 0.297. The van der Waals surface area contributed by atoms with Gasteiger partial charge in [-0.15, -0.1) is 0 Å². The van der Waals surface area contributed by atoms with Crippen molar-refractivity contribution in [2.75, 3.05) is 0 Å². The molecule has 0 bridgehead atoms. The predicted octanol–water partition coefficient (Wildman–Crippen LogP) is 3.27. The lowest BCUT2D eigenvalue weighted by Gasteiger charge is -1.94. The molecule has 0 aliphatic rings. The second-order valence-corrected chi connectivity index (χ2v) is 4.74. The van der Waals surface area contributed by atoms with Gasteiger partial charge in [0.2, 0.25) is 5.89 Å². The van der Waals surface area contributed by atoms with E-state index in [4.69, 9.17) is 4.52 Å². The average Bonchev–Trinajstić information content (AvgIpc) is 2.98. The summed E-state index contributed by atoms with van der Waals surface area (Å²) in [6.45, 7) is 4.11. The molecule has 4 nitrogen and oxygen atoms in total. The summed E-state index contributed by atoms with van der Waals surface area (Å²) < 4.78 is 5.27. The molecule has 1 aromatic carbocycles. The van der Waals surface area contributed by atoms with Crippen molar-refractivity contribution >= 4 is 10.9 Å². The largest absolute Gasteiger partial charge is 0.361 e. The fourth-order valence-electron chi connectivity index (χ4n) is 2.02. The molecular formula is C14H15N3O. The van der Waals surface area contributed by atoms with Gasteiger partial charge in [-0.05, 0) is 11.6 Å². The molecule has 3 aromatic rings. The van der Waals surface area contributed by atoms with E-state index in [0.717, 1.165) is 11.3 Å². The zero-order valence-electron chi connectivity index (χ0n) is 10.5. The average molecular weight is 241 g/mol. The van der Waals surface area contributed by atoms with Crippen LogP contribution in [0.4, 0.5) is 0 Å². The molecule has 0 fully saturated rings. The van der Waals surface area contributed by atoms with E-state index in [1.165, 1.54) is 10.9 Å². The summed E-state index contributed by atoms with van der Waals surface area (Å²) in [6, 6.07) is 8.21. The Hall–Kier alpha value is -2.10. The molecule has 3 rings (SSSR count). The quantitative estimate of drug-likeness (QED) is 0.765. The number of nitrogens with zero attached hydrogens (tertiary/aromatic N) is 2. The Morgan fingerprint density at radius 1 is 1.28 bits per heavy atom. The van der Waals surface area contributed by atoms with E-state index in [9.17, 15) is 0 Å². The lowest BCUT2D eigenvalue weighted by molar-refractivity contribution is 0.377. The summed E-state index contributed by atoms with van der Waals surface area (Å²) in [5.74, 6) is 1.73. The maximum atomic E-state index is 5.27. The first kappa shape index (κ1) is 11.0. The molecule has 0 saturated carbocycles. The summed E-state index contributed by atoms with van der Waals surface area (Å²) in [6.07, 6.45) is 2.67. The van der Waals surface area contributed by atoms with Crippen LogP contribution in [0.25, 0.3) is 10.9 Å². The molecule has 4 heteroatoms. The van der Waals surface area contributed by atoms with Gasteiger partial charge in [0.05, 0.1) is 6.42 Å². The van der Waals surface area contributed by atoms with Crippen LogP contribution in [0.15, 0.2) is 35.0 Å². The molecule has 18 heavy (non-hydrogen) atoms. The number of aromatic nitrogens is 3. The van der Waals surface area contributed by atoms with Crippen molar-refractivity contribution in [2.24, 2.45) is 0 Å². The summed E-state index contributed by atoms with van der Waals surface area (Å²) >= 11 is 0. The first-order valence-electron chi connectivity index (χ1n) is 6.11. The third-order valence-electron chi connectivity index (χ3n) is 3.02. The normalized spacial score (nSPS) is 11.5. The molecule has 0 spiro atoms. The summed E-state index contributed by atoms with van der Waals surface area (Å²) in [4.78, 5) is 7.65. The second kappa shape index (κ2) is 4.29. The minimum Gasteiger partial charge on any atom is -0.361 e. The third-order valence-corrected chi connectivity index (χ3v) is 3.02. The Morgan fingerprint density at radius 2 is 2.11 bits per heavy atom. The Labute approximate surface area is 105 Å². The molecule has 92 valence electrons. The van der Waals surface area contributed by atoms with Crippen LogP contribution in [0.2, 0.25) is 0 Å². The van der Waals surface area contributed by atoms with Gasteiger partial charge in [0.1, 0.15) is 0 Å². The molecule has 2 aromatic heterocycles. The van der Waals surface area contributed by atoms with Gasteiger partial charge >= 0.3 is 0 Å². The Kier molecular flexibility index (Phi) is 2.63. The van der Waals surface area contributed by atoms with Gasteiger partial charge in [0.15, 0.2) is 5.82 Å². The maximum Gasteiger partial charge on any atom is 0.231 e. The summed E-state index contributed by atoms with van der Waals surface area (Å²) in [5.41, 5.74) is 2.32. The van der Waals surface area contributed by atoms with Gasteiger partial charge in [0.25, 0.3) is 0 Å². The molecule has 0 radical (unpaired) electrons. The number of para-hydroxylation sites is 1. The van der Waals surface area contributed by atoms with Crippen molar-refractivity contribution < 1.29 is 4.52 Å². The molecule has 0 unspecified atom stereocenters. The molecule has 0 atom stereocenters. The first-order chi connectivity index (χ1) is 8.74. The maximum absolute atomic E-state index is 5.27. The fourth-order valence-corrected chi connectivity index (χ4v) is 2.02. The highest BCUT2D eigenvalue weighted by Gasteiger charge is 2.12. The number of hydrogen-bond acceptors (Lipinski definition) is 3. The number of hydrogen-bond donors (Lipinski definition) is 1. The first-order valence-corrected chi connectivity index (χ1v) is 6.11. The zero-order valence-corrected chi connectivity index (χ0v) is 10.5. The molecule has 0 aliphatic carbocycles. The van der Waals surface area contributed by atoms with E-state index in [1.54, 1.807) is 0 Å². The van der Waals surface area contributed by atoms with Crippen LogP contribution in [-0.2, 0) is 6.42 Å². The van der Waals surface area contributed by atoms with Crippen LogP contribution in [0.3, 0.4) is 0 Å². The van der Waals surface area contributed by atoms with Crippen molar-refractivity contribution in [3.63, 3.8) is 0 Å². The standard InChI is InChI=1S/C14H15N3O/c1-9(2)14-16-13(18-17-14)7-10-8-15-12-6-4-3-5-11(10)12/h3-6,8-9,15H,7H2,1-2H3. The molecule has 1 N–H and O–H groups in total. The van der Waals surface area contributed by atoms with E-state index in [2.05, 4.69) is 41.1 Å². The number of benzene rings is 1. The minimum absolute atomic E-state index is 0.297. The van der Waals surface area contributed by atoms with E-state index in [1.807, 2.05) is 18.3 Å². The highest BCUT2D eigenvalue weighted by atomic mass is 16.5. The van der Waals surface area contributed by atoms with Gasteiger partial charge in [-0.1, -0.05) is 37.2 Å². The van der Waals surface area contributed by atoms with Crippen LogP contribution in [-0.4, -0.2) is 15.1 Å². The van der Waals surface area contributed by atoms with E-state index in [0.29, 0.717) is 18.2 Å². The topological polar surface area (TPSA) is 54.7 Å². The highest BCUT2D eigenvalue weighted by Crippen LogP contribution is 2.20. The number of nitrogens with one attached hydrogen (secondary N) is 1. The summed E-state index contributed by atoms with van der Waals surface area (Å²) in [7, 11) is 0. The molecule has 0 amide bonds. The Balaban J connectivity index is 1.91. The van der Waals surface area contributed by atoms with Crippen molar-refractivity contribution in [3.8, 4) is 0 Å².